The van der Waals surface area contributed by atoms with Crippen LogP contribution in [0.1, 0.15) is 21.5 Å². The number of Topliss-reactive ketones (excluding diaryl/α,β-unsaturated/α-hetero) is 1. The van der Waals surface area contributed by atoms with Crippen molar-refractivity contribution in [2.45, 2.75) is 13.3 Å². The summed E-state index contributed by atoms with van der Waals surface area (Å²) < 4.78 is 26.8. The molecule has 0 aromatic heterocycles. The largest absolute Gasteiger partial charge is 0.294 e. The van der Waals surface area contributed by atoms with Crippen molar-refractivity contribution in [2.24, 2.45) is 0 Å². The molecular weight excluding hydrogens is 270 g/mol. The van der Waals surface area contributed by atoms with Gasteiger partial charge in [0.1, 0.15) is 11.6 Å². The van der Waals surface area contributed by atoms with Gasteiger partial charge in [-0.05, 0) is 42.3 Å². The molecule has 2 aromatic carbocycles. The summed E-state index contributed by atoms with van der Waals surface area (Å²) >= 11 is 5.83. The van der Waals surface area contributed by atoms with Crippen LogP contribution in [0.4, 0.5) is 8.78 Å². The molecule has 0 fully saturated rings. The molecule has 0 N–H and O–H groups in total. The molecule has 2 rings (SSSR count). The van der Waals surface area contributed by atoms with Crippen LogP contribution in [-0.4, -0.2) is 5.78 Å². The van der Waals surface area contributed by atoms with Crippen LogP contribution in [0, 0.1) is 18.6 Å². The smallest absolute Gasteiger partial charge is 0.171 e. The maximum absolute atomic E-state index is 13.6. The van der Waals surface area contributed by atoms with Crippen LogP contribution in [-0.2, 0) is 6.42 Å². The Morgan fingerprint density at radius 2 is 1.95 bits per heavy atom. The molecule has 0 bridgehead atoms. The molecule has 19 heavy (non-hydrogen) atoms. The van der Waals surface area contributed by atoms with Crippen LogP contribution in [0.25, 0.3) is 0 Å². The Labute approximate surface area is 114 Å². The van der Waals surface area contributed by atoms with E-state index >= 15 is 0 Å². The molecule has 0 aliphatic carbocycles. The van der Waals surface area contributed by atoms with Gasteiger partial charge in [-0.25, -0.2) is 8.78 Å². The van der Waals surface area contributed by atoms with Crippen LogP contribution in [0.15, 0.2) is 36.4 Å². The van der Waals surface area contributed by atoms with Gasteiger partial charge in [-0.15, -0.1) is 0 Å². The summed E-state index contributed by atoms with van der Waals surface area (Å²) in [6.07, 6.45) is -0.0791. The highest BCUT2D eigenvalue weighted by atomic mass is 35.5. The van der Waals surface area contributed by atoms with Gasteiger partial charge in [-0.2, -0.15) is 0 Å². The molecule has 0 atom stereocenters. The Kier molecular flexibility index (Phi) is 3.96. The molecule has 0 radical (unpaired) electrons. The van der Waals surface area contributed by atoms with Crippen molar-refractivity contribution in [1.29, 1.82) is 0 Å². The molecular formula is C15H11ClF2O. The first kappa shape index (κ1) is 13.7. The molecule has 1 nitrogen and oxygen atoms in total. The Morgan fingerprint density at radius 1 is 1.21 bits per heavy atom. The maximum Gasteiger partial charge on any atom is 0.171 e. The topological polar surface area (TPSA) is 17.1 Å². The van der Waals surface area contributed by atoms with Gasteiger partial charge in [-0.1, -0.05) is 23.7 Å². The average molecular weight is 281 g/mol. The first-order valence-corrected chi connectivity index (χ1v) is 6.09. The number of ketones is 1. The second-order valence-corrected chi connectivity index (χ2v) is 4.67. The van der Waals surface area contributed by atoms with E-state index in [1.807, 2.05) is 0 Å². The van der Waals surface area contributed by atoms with E-state index in [1.54, 1.807) is 13.0 Å². The van der Waals surface area contributed by atoms with Crippen molar-refractivity contribution in [2.75, 3.05) is 0 Å². The standard InChI is InChI=1S/C15H11ClF2O/c1-9-5-6-11(17)7-10(9)8-14(19)15-12(16)3-2-4-13(15)18/h2-7H,8H2,1H3. The van der Waals surface area contributed by atoms with E-state index in [0.717, 1.165) is 5.56 Å². The molecule has 4 heteroatoms. The lowest BCUT2D eigenvalue weighted by atomic mass is 9.99. The molecule has 0 aliphatic rings. The third kappa shape index (κ3) is 2.99. The van der Waals surface area contributed by atoms with Gasteiger partial charge in [0.15, 0.2) is 5.78 Å². The number of carbonyl (C=O) groups excluding carboxylic acids is 1. The number of benzene rings is 2. The summed E-state index contributed by atoms with van der Waals surface area (Å²) in [6.45, 7) is 1.77. The minimum atomic E-state index is -0.661. The number of hydrogen-bond acceptors (Lipinski definition) is 1. The number of halogens is 3. The van der Waals surface area contributed by atoms with Crippen molar-refractivity contribution in [1.82, 2.24) is 0 Å². The van der Waals surface area contributed by atoms with Gasteiger partial charge in [-0.3, -0.25) is 4.79 Å². The van der Waals surface area contributed by atoms with Crippen molar-refractivity contribution in [3.05, 3.63) is 69.7 Å². The van der Waals surface area contributed by atoms with Gasteiger partial charge in [0.05, 0.1) is 10.6 Å². The van der Waals surface area contributed by atoms with Crippen molar-refractivity contribution >= 4 is 17.4 Å². The molecule has 0 spiro atoms. The summed E-state index contributed by atoms with van der Waals surface area (Å²) in [5.74, 6) is -1.55. The zero-order valence-electron chi connectivity index (χ0n) is 10.2. The summed E-state index contributed by atoms with van der Waals surface area (Å²) in [5, 5.41) is 0.0686. The second-order valence-electron chi connectivity index (χ2n) is 4.27. The van der Waals surface area contributed by atoms with Crippen LogP contribution in [0.3, 0.4) is 0 Å². The number of rotatable bonds is 3. The third-order valence-electron chi connectivity index (χ3n) is 2.90. The van der Waals surface area contributed by atoms with E-state index in [0.29, 0.717) is 5.56 Å². The van der Waals surface area contributed by atoms with E-state index < -0.39 is 17.4 Å². The second kappa shape index (κ2) is 5.49. The first-order chi connectivity index (χ1) is 8.99. The maximum atomic E-state index is 13.6. The highest BCUT2D eigenvalue weighted by molar-refractivity contribution is 6.34. The molecule has 0 amide bonds. The fourth-order valence-electron chi connectivity index (χ4n) is 1.86. The van der Waals surface area contributed by atoms with Gasteiger partial charge < -0.3 is 0 Å². The lowest BCUT2D eigenvalue weighted by molar-refractivity contribution is 0.0989. The number of hydrogen-bond donors (Lipinski definition) is 0. The minimum Gasteiger partial charge on any atom is -0.294 e. The van der Waals surface area contributed by atoms with Crippen molar-refractivity contribution in [3.8, 4) is 0 Å². The van der Waals surface area contributed by atoms with Crippen LogP contribution < -0.4 is 0 Å². The van der Waals surface area contributed by atoms with Crippen LogP contribution >= 0.6 is 11.6 Å². The average Bonchev–Trinajstić information content (AvgIpc) is 2.33. The summed E-state index contributed by atoms with van der Waals surface area (Å²) in [7, 11) is 0. The number of carbonyl (C=O) groups is 1. The zero-order chi connectivity index (χ0) is 14.0. The normalized spacial score (nSPS) is 10.5. The Morgan fingerprint density at radius 3 is 2.63 bits per heavy atom. The Hall–Kier alpha value is -1.74. The Bertz CT molecular complexity index is 618. The van der Waals surface area contributed by atoms with Crippen LogP contribution in [0.2, 0.25) is 5.02 Å². The first-order valence-electron chi connectivity index (χ1n) is 5.71. The molecule has 0 saturated carbocycles. The fraction of sp³-hybridized carbons (Fsp3) is 0.133. The molecule has 0 saturated heterocycles. The quantitative estimate of drug-likeness (QED) is 0.764. The summed E-state index contributed by atoms with van der Waals surface area (Å²) in [4.78, 5) is 12.1. The van der Waals surface area contributed by atoms with Gasteiger partial charge in [0, 0.05) is 6.42 Å². The predicted octanol–water partition coefficient (Wildman–Crippen LogP) is 4.35. The third-order valence-corrected chi connectivity index (χ3v) is 3.22. The van der Waals surface area contributed by atoms with E-state index in [9.17, 15) is 13.6 Å². The monoisotopic (exact) mass is 280 g/mol. The van der Waals surface area contributed by atoms with Crippen LogP contribution in [0.5, 0.6) is 0 Å². The highest BCUT2D eigenvalue weighted by Crippen LogP contribution is 2.22. The van der Waals surface area contributed by atoms with Crippen molar-refractivity contribution in [3.63, 3.8) is 0 Å². The van der Waals surface area contributed by atoms with E-state index in [-0.39, 0.29) is 17.0 Å². The molecule has 98 valence electrons. The van der Waals surface area contributed by atoms with E-state index in [2.05, 4.69) is 0 Å². The molecule has 2 aromatic rings. The minimum absolute atomic E-state index is 0.0686. The van der Waals surface area contributed by atoms with E-state index in [1.165, 1.54) is 30.3 Å². The van der Waals surface area contributed by atoms with Gasteiger partial charge in [0.2, 0.25) is 0 Å². The molecule has 0 unspecified atom stereocenters. The summed E-state index contributed by atoms with van der Waals surface area (Å²) in [5.41, 5.74) is 1.17. The van der Waals surface area contributed by atoms with Crippen molar-refractivity contribution < 1.29 is 13.6 Å². The number of aryl methyl sites for hydroxylation is 1. The molecule has 0 aliphatic heterocycles. The van der Waals surface area contributed by atoms with Gasteiger partial charge in [0.25, 0.3) is 0 Å². The zero-order valence-corrected chi connectivity index (χ0v) is 11.0. The fourth-order valence-corrected chi connectivity index (χ4v) is 2.12. The lowest BCUT2D eigenvalue weighted by Crippen LogP contribution is -2.08. The van der Waals surface area contributed by atoms with Gasteiger partial charge >= 0.3 is 0 Å². The molecule has 0 heterocycles. The predicted molar refractivity (Wildman–Crippen MR) is 70.6 cm³/mol. The Balaban J connectivity index is 2.34. The summed E-state index contributed by atoms with van der Waals surface area (Å²) in [6, 6.07) is 8.25. The highest BCUT2D eigenvalue weighted by Gasteiger charge is 2.17. The lowest BCUT2D eigenvalue weighted by Gasteiger charge is -2.07. The SMILES string of the molecule is Cc1ccc(F)cc1CC(=O)c1c(F)cccc1Cl. The van der Waals surface area contributed by atoms with E-state index in [4.69, 9.17) is 11.6 Å².